The van der Waals surface area contributed by atoms with Gasteiger partial charge in [0.25, 0.3) is 0 Å². The van der Waals surface area contributed by atoms with Gasteiger partial charge < -0.3 is 39.2 Å². The molecule has 0 aliphatic carbocycles. The molecule has 0 amide bonds. The Morgan fingerprint density at radius 3 is 1.16 bits per heavy atom. The summed E-state index contributed by atoms with van der Waals surface area (Å²) in [6, 6.07) is 11.5. The van der Waals surface area contributed by atoms with E-state index in [1.165, 1.54) is 50.6 Å². The normalized spacial score (nSPS) is 8.70. The minimum atomic E-state index is -1.39. The molecule has 0 atom stereocenters. The number of hydrogen-bond acceptors (Lipinski definition) is 10. The smallest absolute Gasteiger partial charge is 0.545 e. The number of H-pyrrole nitrogens is 2. The number of aromatic carboxylic acids is 2. The number of ether oxygens (including phenoxy) is 2. The summed E-state index contributed by atoms with van der Waals surface area (Å²) >= 11 is 0. The van der Waals surface area contributed by atoms with E-state index in [-0.39, 0.29) is 39.3 Å². The summed E-state index contributed by atoms with van der Waals surface area (Å²) in [7, 11) is 2.38. The van der Waals surface area contributed by atoms with E-state index in [1.807, 2.05) is 0 Å². The van der Waals surface area contributed by atoms with Crippen molar-refractivity contribution in [2.24, 2.45) is 0 Å². The molecule has 2 N–H and O–H groups in total. The van der Waals surface area contributed by atoms with Gasteiger partial charge in [-0.05, 0) is 12.1 Å². The first-order valence-corrected chi connectivity index (χ1v) is 9.96. The molecule has 37 heavy (non-hydrogen) atoms. The summed E-state index contributed by atoms with van der Waals surface area (Å²) in [4.78, 5) is 55.9. The molecule has 0 saturated heterocycles. The number of aromatic amines is 2. The molecule has 0 fully saturated rings. The van der Waals surface area contributed by atoms with E-state index in [0.717, 1.165) is 0 Å². The Labute approximate surface area is 222 Å². The number of carbonyl (C=O) groups is 4. The zero-order valence-corrected chi connectivity index (χ0v) is 20.5. The summed E-state index contributed by atoms with van der Waals surface area (Å²) < 4.78 is 8.79. The first-order valence-electron chi connectivity index (χ1n) is 9.96. The first-order chi connectivity index (χ1) is 17.3. The fraction of sp³-hybridized carbons (Fsp3) is 0.0833. The molecule has 2 heterocycles. The molecule has 0 aliphatic heterocycles. The van der Waals surface area contributed by atoms with E-state index >= 15 is 0 Å². The molecule has 1 radical (unpaired) electrons. The van der Waals surface area contributed by atoms with Gasteiger partial charge in [0.2, 0.25) is 0 Å². The number of esters is 2. The zero-order chi connectivity index (χ0) is 26.8. The Hall–Kier alpha value is -4.74. The molecule has 13 heteroatoms. The molecular formula is C24H22CuN4O8. The van der Waals surface area contributed by atoms with E-state index in [4.69, 9.17) is 0 Å². The van der Waals surface area contributed by atoms with Gasteiger partial charge in [-0.25, -0.2) is 19.6 Å². The predicted octanol–water partition coefficient (Wildman–Crippen LogP) is 0.490. The Bertz CT molecular complexity index is 1090. The summed E-state index contributed by atoms with van der Waals surface area (Å²) in [5.74, 6) is -4.14. The number of hydrogen-bond donors (Lipinski definition) is 2. The molecule has 4 rings (SSSR count). The second-order valence-electron chi connectivity index (χ2n) is 6.17. The van der Waals surface area contributed by atoms with E-state index in [1.54, 1.807) is 49.6 Å². The number of aromatic nitrogens is 4. The second kappa shape index (κ2) is 18.6. The van der Waals surface area contributed by atoms with Gasteiger partial charge in [0.05, 0.1) is 49.9 Å². The van der Waals surface area contributed by atoms with Crippen molar-refractivity contribution in [1.82, 2.24) is 19.9 Å². The average molecular weight is 558 g/mol. The number of rotatable bonds is 4. The summed E-state index contributed by atoms with van der Waals surface area (Å²) in [6.07, 6.45) is 10.2. The number of carboxylic acids is 2. The van der Waals surface area contributed by atoms with Gasteiger partial charge in [0.1, 0.15) is 0 Å². The van der Waals surface area contributed by atoms with Crippen molar-refractivity contribution >= 4 is 23.9 Å². The quantitative estimate of drug-likeness (QED) is 0.263. The molecule has 2 aromatic carbocycles. The van der Waals surface area contributed by atoms with Crippen LogP contribution in [0.25, 0.3) is 0 Å². The standard InChI is InChI=1S/2C9H8O4.2C3H4N2.Cu/c2*1-13-9(12)7-5-3-2-4-6(7)8(10)11;2*1-2-5-3-4-1;/h2*2-5H,1H3,(H,10,11);2*1-3H,(H,4,5);/q;;;;+2/p-2. The van der Waals surface area contributed by atoms with Gasteiger partial charge in [-0.3, -0.25) is 0 Å². The molecular weight excluding hydrogens is 536 g/mol. The van der Waals surface area contributed by atoms with Crippen LogP contribution < -0.4 is 10.2 Å². The van der Waals surface area contributed by atoms with Crippen molar-refractivity contribution in [3.63, 3.8) is 0 Å². The van der Waals surface area contributed by atoms with Crippen LogP contribution in [0.15, 0.2) is 86.0 Å². The Morgan fingerprint density at radius 2 is 0.973 bits per heavy atom. The Kier molecular flexibility index (Phi) is 16.2. The largest absolute Gasteiger partial charge is 2.00 e. The van der Waals surface area contributed by atoms with E-state index in [0.29, 0.717) is 0 Å². The van der Waals surface area contributed by atoms with Gasteiger partial charge in [-0.1, -0.05) is 36.4 Å². The monoisotopic (exact) mass is 557 g/mol. The van der Waals surface area contributed by atoms with Crippen molar-refractivity contribution in [3.8, 4) is 0 Å². The third-order valence-corrected chi connectivity index (χ3v) is 3.92. The van der Waals surface area contributed by atoms with Crippen molar-refractivity contribution in [2.45, 2.75) is 0 Å². The molecule has 2 aromatic heterocycles. The maximum Gasteiger partial charge on any atom is 2.00 e. The molecule has 12 nitrogen and oxygen atoms in total. The van der Waals surface area contributed by atoms with Gasteiger partial charge >= 0.3 is 29.0 Å². The average Bonchev–Trinajstić information content (AvgIpc) is 3.68. The van der Waals surface area contributed by atoms with Crippen molar-refractivity contribution < 1.29 is 55.9 Å². The summed E-state index contributed by atoms with van der Waals surface area (Å²) in [5.41, 5.74) is -0.307. The van der Waals surface area contributed by atoms with Crippen LogP contribution in [-0.2, 0) is 26.5 Å². The summed E-state index contributed by atoms with van der Waals surface area (Å²) in [6.45, 7) is 0. The molecule has 0 unspecified atom stereocenters. The van der Waals surface area contributed by atoms with Gasteiger partial charge in [0, 0.05) is 35.9 Å². The number of benzene rings is 2. The van der Waals surface area contributed by atoms with Crippen LogP contribution in [0.4, 0.5) is 0 Å². The van der Waals surface area contributed by atoms with Crippen molar-refractivity contribution in [2.75, 3.05) is 14.2 Å². The minimum Gasteiger partial charge on any atom is -0.545 e. The number of nitrogens with zero attached hydrogens (tertiary/aromatic N) is 2. The third-order valence-electron chi connectivity index (χ3n) is 3.92. The van der Waals surface area contributed by atoms with Crippen LogP contribution >= 0.6 is 0 Å². The maximum atomic E-state index is 11.0. The molecule has 4 aromatic rings. The Morgan fingerprint density at radius 1 is 0.649 bits per heavy atom. The molecule has 0 spiro atoms. The molecule has 0 aliphatic rings. The van der Waals surface area contributed by atoms with Gasteiger partial charge in [-0.15, -0.1) is 0 Å². The molecule has 0 saturated carbocycles. The molecule has 197 valence electrons. The minimum absolute atomic E-state index is 0. The van der Waals surface area contributed by atoms with Crippen LogP contribution in [-0.4, -0.2) is 58.0 Å². The van der Waals surface area contributed by atoms with Crippen LogP contribution in [0.5, 0.6) is 0 Å². The fourth-order valence-corrected chi connectivity index (χ4v) is 2.33. The number of imidazole rings is 2. The number of methoxy groups -OCH3 is 2. The summed E-state index contributed by atoms with van der Waals surface area (Å²) in [5, 5.41) is 21.0. The first kappa shape index (κ1) is 32.3. The SMILES string of the molecule is COC(=O)c1ccccc1C(=O)[O-].COC(=O)c1ccccc1C(=O)[O-].[Cu+2].c1c[nH]cn1.c1c[nH]cn1. The van der Waals surface area contributed by atoms with Crippen LogP contribution in [0.2, 0.25) is 0 Å². The van der Waals surface area contributed by atoms with Crippen LogP contribution in [0.1, 0.15) is 41.4 Å². The van der Waals surface area contributed by atoms with E-state index < -0.39 is 23.9 Å². The number of carboxylic acid groups (broad SMARTS) is 2. The maximum absolute atomic E-state index is 11.0. The predicted molar refractivity (Wildman–Crippen MR) is 121 cm³/mol. The van der Waals surface area contributed by atoms with Gasteiger partial charge in [-0.2, -0.15) is 0 Å². The number of nitrogens with one attached hydrogen (secondary N) is 2. The van der Waals surface area contributed by atoms with E-state index in [9.17, 15) is 29.4 Å². The van der Waals surface area contributed by atoms with Gasteiger partial charge in [0.15, 0.2) is 0 Å². The third kappa shape index (κ3) is 12.0. The van der Waals surface area contributed by atoms with Crippen LogP contribution in [0, 0.1) is 0 Å². The Balaban J connectivity index is 0.000000502. The topological polar surface area (TPSA) is 190 Å². The van der Waals surface area contributed by atoms with E-state index in [2.05, 4.69) is 29.4 Å². The second-order valence-corrected chi connectivity index (χ2v) is 6.17. The van der Waals surface area contributed by atoms with Crippen molar-refractivity contribution in [3.05, 3.63) is 108 Å². The fourth-order valence-electron chi connectivity index (χ4n) is 2.33. The zero-order valence-electron chi connectivity index (χ0n) is 19.5. The number of carbonyl (C=O) groups excluding carboxylic acids is 4. The van der Waals surface area contributed by atoms with Crippen molar-refractivity contribution in [1.29, 1.82) is 0 Å². The van der Waals surface area contributed by atoms with Crippen LogP contribution in [0.3, 0.4) is 0 Å². The molecule has 0 bridgehead atoms.